The van der Waals surface area contributed by atoms with E-state index in [4.69, 9.17) is 0 Å². The number of aromatic nitrogens is 1. The molecule has 0 spiro atoms. The first-order valence-electron chi connectivity index (χ1n) is 7.79. The Bertz CT molecular complexity index is 534. The predicted octanol–water partition coefficient (Wildman–Crippen LogP) is 4.94. The highest BCUT2D eigenvalue weighted by Crippen LogP contribution is 2.30. The Morgan fingerprint density at radius 3 is 2.71 bits per heavy atom. The van der Waals surface area contributed by atoms with Gasteiger partial charge in [-0.15, -0.1) is 6.58 Å². The van der Waals surface area contributed by atoms with Crippen LogP contribution in [0.4, 0.5) is 5.69 Å². The molecule has 2 heteroatoms. The molecule has 0 aliphatic carbocycles. The Balaban J connectivity index is 2.15. The molecular weight excluding hydrogens is 256 g/mol. The van der Waals surface area contributed by atoms with Gasteiger partial charge in [0.2, 0.25) is 0 Å². The summed E-state index contributed by atoms with van der Waals surface area (Å²) in [5.74, 6) is 0.794. The molecule has 21 heavy (non-hydrogen) atoms. The molecule has 0 unspecified atom stereocenters. The molecule has 1 aromatic rings. The summed E-state index contributed by atoms with van der Waals surface area (Å²) in [6.45, 7) is 14.4. The van der Waals surface area contributed by atoms with Crippen LogP contribution >= 0.6 is 0 Å². The first-order valence-corrected chi connectivity index (χ1v) is 7.79. The molecule has 2 rings (SSSR count). The van der Waals surface area contributed by atoms with Crippen molar-refractivity contribution in [2.45, 2.75) is 33.1 Å². The molecule has 0 aromatic carbocycles. The van der Waals surface area contributed by atoms with Gasteiger partial charge < -0.3 is 4.90 Å². The average Bonchev–Trinajstić information content (AvgIpc) is 2.47. The maximum absolute atomic E-state index is 4.45. The van der Waals surface area contributed by atoms with Crippen LogP contribution in [0, 0.1) is 5.92 Å². The molecule has 1 aromatic heterocycles. The summed E-state index contributed by atoms with van der Waals surface area (Å²) in [5, 5.41) is 0. The van der Waals surface area contributed by atoms with Gasteiger partial charge in [0.25, 0.3) is 0 Å². The fraction of sp³-hybridized carbons (Fsp3) is 0.421. The summed E-state index contributed by atoms with van der Waals surface area (Å²) in [5.41, 5.74) is 4.73. The highest BCUT2D eigenvalue weighted by Gasteiger charge is 2.21. The quantitative estimate of drug-likeness (QED) is 0.711. The minimum Gasteiger partial charge on any atom is -0.371 e. The zero-order chi connectivity index (χ0) is 15.2. The van der Waals surface area contributed by atoms with Crippen molar-refractivity contribution in [2.75, 3.05) is 18.0 Å². The van der Waals surface area contributed by atoms with Gasteiger partial charge in [-0.2, -0.15) is 0 Å². The standard InChI is InChI=1S/C19H26N2/c1-5-7-18-17(6-2)19(8-11-20-18)21-12-9-16(10-13-21)14-15(3)4/h5-8,11,16H,2-3,9-10,12-14H2,1,4H3/b7-5-. The van der Waals surface area contributed by atoms with E-state index in [9.17, 15) is 0 Å². The summed E-state index contributed by atoms with van der Waals surface area (Å²) < 4.78 is 0. The Morgan fingerprint density at radius 2 is 2.14 bits per heavy atom. The molecule has 2 nitrogen and oxygen atoms in total. The number of hydrogen-bond donors (Lipinski definition) is 0. The van der Waals surface area contributed by atoms with Gasteiger partial charge >= 0.3 is 0 Å². The van der Waals surface area contributed by atoms with Gasteiger partial charge in [-0.25, -0.2) is 0 Å². The van der Waals surface area contributed by atoms with E-state index in [-0.39, 0.29) is 0 Å². The average molecular weight is 282 g/mol. The lowest BCUT2D eigenvalue weighted by Crippen LogP contribution is -2.34. The Labute approximate surface area is 128 Å². The third-order valence-corrected chi connectivity index (χ3v) is 4.12. The van der Waals surface area contributed by atoms with Crippen LogP contribution < -0.4 is 4.90 Å². The van der Waals surface area contributed by atoms with Crippen LogP contribution in [0.2, 0.25) is 0 Å². The van der Waals surface area contributed by atoms with Crippen LogP contribution in [-0.2, 0) is 0 Å². The van der Waals surface area contributed by atoms with E-state index in [1.807, 2.05) is 31.3 Å². The molecular formula is C19H26N2. The third kappa shape index (κ3) is 3.84. The van der Waals surface area contributed by atoms with Gasteiger partial charge in [-0.05, 0) is 51.2 Å². The fourth-order valence-electron chi connectivity index (χ4n) is 3.13. The highest BCUT2D eigenvalue weighted by atomic mass is 15.1. The van der Waals surface area contributed by atoms with Crippen molar-refractivity contribution in [1.82, 2.24) is 4.98 Å². The second kappa shape index (κ2) is 7.26. The number of hydrogen-bond acceptors (Lipinski definition) is 2. The summed E-state index contributed by atoms with van der Waals surface area (Å²) in [6.07, 6.45) is 11.6. The Hall–Kier alpha value is -1.83. The molecule has 1 aliphatic rings. The van der Waals surface area contributed by atoms with Crippen LogP contribution in [0.1, 0.15) is 44.4 Å². The summed E-state index contributed by atoms with van der Waals surface area (Å²) >= 11 is 0. The molecule has 0 atom stereocenters. The van der Waals surface area contributed by atoms with E-state index in [0.717, 1.165) is 30.3 Å². The van der Waals surface area contributed by atoms with E-state index in [0.29, 0.717) is 0 Å². The lowest BCUT2D eigenvalue weighted by molar-refractivity contribution is 0.403. The van der Waals surface area contributed by atoms with Crippen molar-refractivity contribution in [2.24, 2.45) is 5.92 Å². The molecule has 0 radical (unpaired) electrons. The minimum absolute atomic E-state index is 0.794. The van der Waals surface area contributed by atoms with E-state index >= 15 is 0 Å². The number of pyridine rings is 1. The Kier molecular flexibility index (Phi) is 5.38. The van der Waals surface area contributed by atoms with E-state index in [2.05, 4.69) is 36.0 Å². The zero-order valence-corrected chi connectivity index (χ0v) is 13.3. The largest absolute Gasteiger partial charge is 0.371 e. The monoisotopic (exact) mass is 282 g/mol. The van der Waals surface area contributed by atoms with Crippen molar-refractivity contribution in [3.05, 3.63) is 48.3 Å². The number of piperidine rings is 1. The van der Waals surface area contributed by atoms with Gasteiger partial charge in [-0.3, -0.25) is 4.98 Å². The molecule has 1 aliphatic heterocycles. The third-order valence-electron chi connectivity index (χ3n) is 4.12. The van der Waals surface area contributed by atoms with E-state index < -0.39 is 0 Å². The van der Waals surface area contributed by atoms with Crippen LogP contribution in [0.15, 0.2) is 37.1 Å². The molecule has 2 heterocycles. The van der Waals surface area contributed by atoms with Gasteiger partial charge in [0.05, 0.1) is 5.69 Å². The maximum atomic E-state index is 4.45. The first-order chi connectivity index (χ1) is 10.2. The fourth-order valence-corrected chi connectivity index (χ4v) is 3.13. The Morgan fingerprint density at radius 1 is 1.43 bits per heavy atom. The summed E-state index contributed by atoms with van der Waals surface area (Å²) in [6, 6.07) is 2.11. The van der Waals surface area contributed by atoms with Crippen molar-refractivity contribution < 1.29 is 0 Å². The first kappa shape index (κ1) is 15.6. The van der Waals surface area contributed by atoms with E-state index in [1.54, 1.807) is 0 Å². The van der Waals surface area contributed by atoms with Crippen molar-refractivity contribution in [1.29, 1.82) is 0 Å². The smallest absolute Gasteiger partial charge is 0.0719 e. The lowest BCUT2D eigenvalue weighted by Gasteiger charge is -2.34. The van der Waals surface area contributed by atoms with Crippen molar-refractivity contribution >= 4 is 17.8 Å². The summed E-state index contributed by atoms with van der Waals surface area (Å²) in [7, 11) is 0. The van der Waals surface area contributed by atoms with Gasteiger partial charge in [0.15, 0.2) is 0 Å². The maximum Gasteiger partial charge on any atom is 0.0719 e. The van der Waals surface area contributed by atoms with Crippen molar-refractivity contribution in [3.63, 3.8) is 0 Å². The lowest BCUT2D eigenvalue weighted by atomic mass is 9.90. The van der Waals surface area contributed by atoms with Gasteiger partial charge in [0.1, 0.15) is 0 Å². The molecule has 0 saturated carbocycles. The van der Waals surface area contributed by atoms with Crippen LogP contribution in [0.25, 0.3) is 12.2 Å². The number of nitrogens with zero attached hydrogens (tertiary/aromatic N) is 2. The molecule has 1 fully saturated rings. The molecule has 1 saturated heterocycles. The number of allylic oxidation sites excluding steroid dienone is 2. The SMILES string of the molecule is C=Cc1c(N2CCC(CC(=C)C)CC2)ccnc1/C=C\C. The van der Waals surface area contributed by atoms with Crippen molar-refractivity contribution in [3.8, 4) is 0 Å². The number of rotatable bonds is 5. The second-order valence-electron chi connectivity index (χ2n) is 5.92. The van der Waals surface area contributed by atoms with Crippen LogP contribution in [-0.4, -0.2) is 18.1 Å². The van der Waals surface area contributed by atoms with Crippen LogP contribution in [0.3, 0.4) is 0 Å². The minimum atomic E-state index is 0.794. The van der Waals surface area contributed by atoms with Crippen LogP contribution in [0.5, 0.6) is 0 Å². The summed E-state index contributed by atoms with van der Waals surface area (Å²) in [4.78, 5) is 6.93. The van der Waals surface area contributed by atoms with Gasteiger partial charge in [0, 0.05) is 30.5 Å². The highest BCUT2D eigenvalue weighted by molar-refractivity contribution is 5.74. The molecule has 112 valence electrons. The van der Waals surface area contributed by atoms with E-state index in [1.165, 1.54) is 30.5 Å². The van der Waals surface area contributed by atoms with Gasteiger partial charge in [-0.1, -0.05) is 24.3 Å². The topological polar surface area (TPSA) is 16.1 Å². The zero-order valence-electron chi connectivity index (χ0n) is 13.3. The predicted molar refractivity (Wildman–Crippen MR) is 93.4 cm³/mol. The molecule has 0 bridgehead atoms. The normalized spacial score (nSPS) is 16.4. The number of anilines is 1. The molecule has 0 amide bonds. The second-order valence-corrected chi connectivity index (χ2v) is 5.92. The molecule has 0 N–H and O–H groups in total.